The molecule has 0 radical (unpaired) electrons. The van der Waals surface area contributed by atoms with Crippen molar-refractivity contribution >= 4 is 6.03 Å². The molecule has 7 nitrogen and oxygen atoms in total. The number of carbonyl (C=O) groups excluding carboxylic acids is 1. The van der Waals surface area contributed by atoms with Gasteiger partial charge in [0.2, 0.25) is 0 Å². The zero-order valence-corrected chi connectivity index (χ0v) is 15.9. The van der Waals surface area contributed by atoms with Crippen molar-refractivity contribution in [1.29, 1.82) is 0 Å². The Morgan fingerprint density at radius 2 is 2.11 bits per heavy atom. The third kappa shape index (κ3) is 4.76. The van der Waals surface area contributed by atoms with Crippen molar-refractivity contribution in [3.05, 3.63) is 51.7 Å². The standard InChI is InChI=1S/C19H25F2N5O2/c1-13(15-7-6-14(20)11-16(15)21)12-23-18(27)22-8-4-10-26-19(28)25-9-3-2-5-17(25)24-26/h6-7,11,13H,2-5,8-10,12H2,1H3,(H2,22,23,27). The predicted molar refractivity (Wildman–Crippen MR) is 100 cm³/mol. The first kappa shape index (κ1) is 20.0. The molecule has 0 fully saturated rings. The van der Waals surface area contributed by atoms with Crippen molar-refractivity contribution in [3.8, 4) is 0 Å². The van der Waals surface area contributed by atoms with E-state index in [9.17, 15) is 18.4 Å². The van der Waals surface area contributed by atoms with Gasteiger partial charge in [-0.25, -0.2) is 23.1 Å². The maximum absolute atomic E-state index is 13.7. The number of rotatable bonds is 7. The Morgan fingerprint density at radius 1 is 1.29 bits per heavy atom. The number of aromatic nitrogens is 3. The topological polar surface area (TPSA) is 81.0 Å². The van der Waals surface area contributed by atoms with Crippen LogP contribution in [0.4, 0.5) is 13.6 Å². The van der Waals surface area contributed by atoms with Crippen LogP contribution in [0, 0.1) is 11.6 Å². The van der Waals surface area contributed by atoms with E-state index in [1.54, 1.807) is 11.5 Å². The molecule has 0 aliphatic carbocycles. The summed E-state index contributed by atoms with van der Waals surface area (Å²) >= 11 is 0. The second-order valence-electron chi connectivity index (χ2n) is 7.09. The lowest BCUT2D eigenvalue weighted by atomic mass is 10.0. The minimum absolute atomic E-state index is 0.0886. The van der Waals surface area contributed by atoms with Crippen LogP contribution in [-0.4, -0.2) is 33.5 Å². The molecule has 1 aromatic heterocycles. The van der Waals surface area contributed by atoms with E-state index in [1.807, 2.05) is 0 Å². The second kappa shape index (κ2) is 8.99. The van der Waals surface area contributed by atoms with Crippen LogP contribution in [0.5, 0.6) is 0 Å². The molecule has 0 bridgehead atoms. The van der Waals surface area contributed by atoms with E-state index in [1.165, 1.54) is 16.8 Å². The largest absolute Gasteiger partial charge is 0.345 e. The van der Waals surface area contributed by atoms with Gasteiger partial charge in [0.05, 0.1) is 0 Å². The molecule has 9 heteroatoms. The van der Waals surface area contributed by atoms with E-state index < -0.39 is 11.6 Å². The highest BCUT2D eigenvalue weighted by Crippen LogP contribution is 2.19. The average molecular weight is 393 g/mol. The van der Waals surface area contributed by atoms with Crippen LogP contribution in [0.15, 0.2) is 23.0 Å². The number of nitrogens with one attached hydrogen (secondary N) is 2. The van der Waals surface area contributed by atoms with Gasteiger partial charge in [0.1, 0.15) is 17.5 Å². The van der Waals surface area contributed by atoms with Crippen LogP contribution in [0.3, 0.4) is 0 Å². The summed E-state index contributed by atoms with van der Waals surface area (Å²) < 4.78 is 29.9. The molecule has 2 aromatic rings. The lowest BCUT2D eigenvalue weighted by molar-refractivity contribution is 0.240. The van der Waals surface area contributed by atoms with Crippen LogP contribution < -0.4 is 16.3 Å². The van der Waals surface area contributed by atoms with Gasteiger partial charge in [-0.2, -0.15) is 5.10 Å². The van der Waals surface area contributed by atoms with Crippen LogP contribution in [0.2, 0.25) is 0 Å². The van der Waals surface area contributed by atoms with Gasteiger partial charge in [-0.05, 0) is 30.9 Å². The molecule has 2 N–H and O–H groups in total. The fourth-order valence-electron chi connectivity index (χ4n) is 3.34. The number of nitrogens with zero attached hydrogens (tertiary/aromatic N) is 3. The molecule has 1 aromatic carbocycles. The first-order chi connectivity index (χ1) is 13.5. The summed E-state index contributed by atoms with van der Waals surface area (Å²) in [6, 6.07) is 3.05. The molecular formula is C19H25F2N5O2. The Balaban J connectivity index is 1.39. The first-order valence-electron chi connectivity index (χ1n) is 9.59. The van der Waals surface area contributed by atoms with Gasteiger partial charge >= 0.3 is 11.7 Å². The highest BCUT2D eigenvalue weighted by atomic mass is 19.1. The fraction of sp³-hybridized carbons (Fsp3) is 0.526. The van der Waals surface area contributed by atoms with Gasteiger partial charge < -0.3 is 10.6 Å². The fourth-order valence-corrected chi connectivity index (χ4v) is 3.34. The predicted octanol–water partition coefficient (Wildman–Crippen LogP) is 2.15. The molecule has 0 saturated carbocycles. The molecular weight excluding hydrogens is 368 g/mol. The van der Waals surface area contributed by atoms with Gasteiger partial charge in [0, 0.05) is 44.6 Å². The maximum atomic E-state index is 13.7. The Labute approximate surface area is 161 Å². The summed E-state index contributed by atoms with van der Waals surface area (Å²) in [5.74, 6) is -0.703. The summed E-state index contributed by atoms with van der Waals surface area (Å²) in [6.45, 7) is 3.53. The number of carbonyl (C=O) groups is 1. The molecule has 0 spiro atoms. The van der Waals surface area contributed by atoms with E-state index in [0.29, 0.717) is 25.1 Å². The monoisotopic (exact) mass is 393 g/mol. The maximum Gasteiger partial charge on any atom is 0.345 e. The molecule has 2 heterocycles. The summed E-state index contributed by atoms with van der Waals surface area (Å²) in [5.41, 5.74) is 0.263. The third-order valence-corrected chi connectivity index (χ3v) is 4.93. The number of halogens is 2. The number of hydrogen-bond acceptors (Lipinski definition) is 3. The minimum atomic E-state index is -0.628. The van der Waals surface area contributed by atoms with Gasteiger partial charge in [0.15, 0.2) is 0 Å². The SMILES string of the molecule is CC(CNC(=O)NCCCn1nc2n(c1=O)CCCC2)c1ccc(F)cc1F. The zero-order valence-electron chi connectivity index (χ0n) is 15.9. The van der Waals surface area contributed by atoms with E-state index in [2.05, 4.69) is 15.7 Å². The number of benzene rings is 1. The smallest absolute Gasteiger partial charge is 0.338 e. The lowest BCUT2D eigenvalue weighted by Crippen LogP contribution is -2.38. The van der Waals surface area contributed by atoms with Crippen molar-refractivity contribution in [2.45, 2.75) is 51.6 Å². The van der Waals surface area contributed by atoms with Crippen molar-refractivity contribution in [2.24, 2.45) is 0 Å². The minimum Gasteiger partial charge on any atom is -0.338 e. The van der Waals surface area contributed by atoms with Gasteiger partial charge in [0.25, 0.3) is 0 Å². The van der Waals surface area contributed by atoms with Crippen molar-refractivity contribution in [1.82, 2.24) is 25.0 Å². The second-order valence-corrected chi connectivity index (χ2v) is 7.09. The van der Waals surface area contributed by atoms with E-state index in [0.717, 1.165) is 37.7 Å². The highest BCUT2D eigenvalue weighted by Gasteiger charge is 2.16. The molecule has 0 saturated heterocycles. The van der Waals surface area contributed by atoms with E-state index in [4.69, 9.17) is 0 Å². The van der Waals surface area contributed by atoms with Crippen LogP contribution in [0.1, 0.15) is 43.5 Å². The molecule has 2 amide bonds. The average Bonchev–Trinajstić information content (AvgIpc) is 2.99. The van der Waals surface area contributed by atoms with Gasteiger partial charge in [-0.1, -0.05) is 13.0 Å². The number of fused-ring (bicyclic) bond motifs is 1. The number of urea groups is 1. The van der Waals surface area contributed by atoms with Gasteiger partial charge in [-0.3, -0.25) is 4.57 Å². The Kier molecular flexibility index (Phi) is 6.43. The van der Waals surface area contributed by atoms with Crippen LogP contribution in [-0.2, 0) is 19.5 Å². The van der Waals surface area contributed by atoms with Crippen molar-refractivity contribution in [2.75, 3.05) is 13.1 Å². The quantitative estimate of drug-likeness (QED) is 0.708. The molecule has 1 aliphatic heterocycles. The lowest BCUT2D eigenvalue weighted by Gasteiger charge is -2.14. The highest BCUT2D eigenvalue weighted by molar-refractivity contribution is 5.73. The number of hydrogen-bond donors (Lipinski definition) is 2. The Morgan fingerprint density at radius 3 is 2.86 bits per heavy atom. The summed E-state index contributed by atoms with van der Waals surface area (Å²) in [5, 5.41) is 9.74. The normalized spacial score (nSPS) is 14.4. The zero-order chi connectivity index (χ0) is 20.1. The van der Waals surface area contributed by atoms with Crippen LogP contribution in [0.25, 0.3) is 0 Å². The molecule has 1 aliphatic rings. The molecule has 28 heavy (non-hydrogen) atoms. The molecule has 1 atom stereocenters. The summed E-state index contributed by atoms with van der Waals surface area (Å²) in [6.07, 6.45) is 3.46. The van der Waals surface area contributed by atoms with E-state index >= 15 is 0 Å². The molecule has 1 unspecified atom stereocenters. The Hall–Kier alpha value is -2.71. The number of aryl methyl sites for hydroxylation is 2. The summed E-state index contributed by atoms with van der Waals surface area (Å²) in [7, 11) is 0. The van der Waals surface area contributed by atoms with Gasteiger partial charge in [-0.15, -0.1) is 0 Å². The third-order valence-electron chi connectivity index (χ3n) is 4.93. The molecule has 3 rings (SSSR count). The van der Waals surface area contributed by atoms with Crippen molar-refractivity contribution < 1.29 is 13.6 Å². The first-order valence-corrected chi connectivity index (χ1v) is 9.59. The van der Waals surface area contributed by atoms with E-state index in [-0.39, 0.29) is 24.2 Å². The Bertz CT molecular complexity index is 893. The molecule has 152 valence electrons. The van der Waals surface area contributed by atoms with Crippen LogP contribution >= 0.6 is 0 Å². The summed E-state index contributed by atoms with van der Waals surface area (Å²) in [4.78, 5) is 24.1. The van der Waals surface area contributed by atoms with Crippen molar-refractivity contribution in [3.63, 3.8) is 0 Å². The number of amides is 2.